The summed E-state index contributed by atoms with van der Waals surface area (Å²) in [5.74, 6) is 0.182. The summed E-state index contributed by atoms with van der Waals surface area (Å²) in [5.41, 5.74) is 1.25. The standard InChI is InChI=1S/C18H25FN2O2/c1-12-5-6-14(20-15(12)19)7-13-8-18(9-13)10-21(11-18)16(22)23-17(2,3)4/h5-6,13H,7-11H2,1-4H3. The molecule has 1 saturated heterocycles. The molecule has 1 aromatic heterocycles. The molecule has 1 spiro atoms. The number of ether oxygens (including phenoxy) is 1. The van der Waals surface area contributed by atoms with Gasteiger partial charge < -0.3 is 9.64 Å². The molecule has 2 heterocycles. The van der Waals surface area contributed by atoms with Gasteiger partial charge in [0.1, 0.15) is 5.60 Å². The van der Waals surface area contributed by atoms with Crippen LogP contribution in [-0.2, 0) is 11.2 Å². The second kappa shape index (κ2) is 5.46. The van der Waals surface area contributed by atoms with Crippen LogP contribution in [0.3, 0.4) is 0 Å². The molecule has 1 saturated carbocycles. The van der Waals surface area contributed by atoms with Crippen molar-refractivity contribution in [1.29, 1.82) is 0 Å². The van der Waals surface area contributed by atoms with Crippen LogP contribution in [0.25, 0.3) is 0 Å². The smallest absolute Gasteiger partial charge is 0.410 e. The van der Waals surface area contributed by atoms with Gasteiger partial charge in [0.25, 0.3) is 0 Å². The quantitative estimate of drug-likeness (QED) is 0.780. The fraction of sp³-hybridized carbons (Fsp3) is 0.667. The number of hydrogen-bond donors (Lipinski definition) is 0. The molecule has 2 fully saturated rings. The molecule has 0 atom stereocenters. The topological polar surface area (TPSA) is 42.4 Å². The monoisotopic (exact) mass is 320 g/mol. The van der Waals surface area contributed by atoms with E-state index < -0.39 is 5.60 Å². The number of nitrogens with zero attached hydrogens (tertiary/aromatic N) is 2. The molecule has 0 unspecified atom stereocenters. The summed E-state index contributed by atoms with van der Waals surface area (Å²) in [7, 11) is 0. The van der Waals surface area contributed by atoms with Gasteiger partial charge in [-0.05, 0) is 58.9 Å². The summed E-state index contributed by atoms with van der Waals surface area (Å²) in [5, 5.41) is 0. The SMILES string of the molecule is Cc1ccc(CC2CC3(C2)CN(C(=O)OC(C)(C)C)C3)nc1F. The fourth-order valence-electron chi connectivity index (χ4n) is 3.74. The zero-order valence-electron chi connectivity index (χ0n) is 14.4. The Morgan fingerprint density at radius 3 is 2.61 bits per heavy atom. The highest BCUT2D eigenvalue weighted by molar-refractivity contribution is 5.69. The number of halogens is 1. The Hall–Kier alpha value is -1.65. The average molecular weight is 320 g/mol. The van der Waals surface area contributed by atoms with E-state index in [1.54, 1.807) is 17.9 Å². The van der Waals surface area contributed by atoms with E-state index in [0.717, 1.165) is 38.0 Å². The number of carbonyl (C=O) groups is 1. The molecule has 5 heteroatoms. The number of carbonyl (C=O) groups excluding carboxylic acids is 1. The molecule has 2 aliphatic rings. The number of rotatable bonds is 2. The summed E-state index contributed by atoms with van der Waals surface area (Å²) in [6, 6.07) is 3.71. The van der Waals surface area contributed by atoms with Gasteiger partial charge in [-0.3, -0.25) is 0 Å². The Bertz CT molecular complexity index is 610. The first-order chi connectivity index (χ1) is 10.7. The molecule has 0 N–H and O–H groups in total. The van der Waals surface area contributed by atoms with E-state index in [1.807, 2.05) is 26.8 Å². The third-order valence-electron chi connectivity index (χ3n) is 4.74. The lowest BCUT2D eigenvalue weighted by molar-refractivity contribution is -0.0949. The van der Waals surface area contributed by atoms with E-state index >= 15 is 0 Å². The number of hydrogen-bond acceptors (Lipinski definition) is 3. The van der Waals surface area contributed by atoms with Crippen LogP contribution in [0.4, 0.5) is 9.18 Å². The van der Waals surface area contributed by atoms with Crippen LogP contribution >= 0.6 is 0 Å². The van der Waals surface area contributed by atoms with Crippen LogP contribution < -0.4 is 0 Å². The van der Waals surface area contributed by atoms with Gasteiger partial charge >= 0.3 is 6.09 Å². The minimum absolute atomic E-state index is 0.214. The molecule has 0 bridgehead atoms. The Kier molecular flexibility index (Phi) is 3.85. The highest BCUT2D eigenvalue weighted by Gasteiger charge is 2.54. The molecule has 1 aliphatic carbocycles. The van der Waals surface area contributed by atoms with E-state index in [2.05, 4.69) is 4.98 Å². The normalized spacial score (nSPS) is 20.1. The average Bonchev–Trinajstić information content (AvgIpc) is 2.32. The molecule has 0 aromatic carbocycles. The van der Waals surface area contributed by atoms with Crippen LogP contribution in [-0.4, -0.2) is 34.7 Å². The lowest BCUT2D eigenvalue weighted by atomic mass is 9.57. The van der Waals surface area contributed by atoms with E-state index in [9.17, 15) is 9.18 Å². The highest BCUT2D eigenvalue weighted by Crippen LogP contribution is 2.52. The number of aromatic nitrogens is 1. The Balaban J connectivity index is 1.45. The van der Waals surface area contributed by atoms with Gasteiger partial charge in [-0.1, -0.05) is 6.07 Å². The molecular weight excluding hydrogens is 295 g/mol. The number of likely N-dealkylation sites (tertiary alicyclic amines) is 1. The van der Waals surface area contributed by atoms with Crippen molar-refractivity contribution in [2.24, 2.45) is 11.3 Å². The molecular formula is C18H25FN2O2. The summed E-state index contributed by atoms with van der Waals surface area (Å²) >= 11 is 0. The molecule has 1 aromatic rings. The van der Waals surface area contributed by atoms with Gasteiger partial charge in [-0.15, -0.1) is 0 Å². The molecule has 1 amide bonds. The third kappa shape index (κ3) is 3.48. The lowest BCUT2D eigenvalue weighted by Crippen LogP contribution is -2.64. The van der Waals surface area contributed by atoms with Gasteiger partial charge in [0.05, 0.1) is 0 Å². The maximum absolute atomic E-state index is 13.5. The van der Waals surface area contributed by atoms with Crippen molar-refractivity contribution in [2.45, 2.75) is 52.6 Å². The fourth-order valence-corrected chi connectivity index (χ4v) is 3.74. The van der Waals surface area contributed by atoms with Crippen molar-refractivity contribution in [3.05, 3.63) is 29.3 Å². The third-order valence-corrected chi connectivity index (χ3v) is 4.74. The first kappa shape index (κ1) is 16.2. The maximum Gasteiger partial charge on any atom is 0.410 e. The van der Waals surface area contributed by atoms with Crippen LogP contribution in [0.15, 0.2) is 12.1 Å². The van der Waals surface area contributed by atoms with E-state index in [4.69, 9.17) is 4.74 Å². The van der Waals surface area contributed by atoms with E-state index in [0.29, 0.717) is 11.5 Å². The predicted octanol–water partition coefficient (Wildman–Crippen LogP) is 3.72. The van der Waals surface area contributed by atoms with Gasteiger partial charge in [-0.25, -0.2) is 9.78 Å². The van der Waals surface area contributed by atoms with Gasteiger partial charge in [-0.2, -0.15) is 4.39 Å². The Labute approximate surface area is 137 Å². The van der Waals surface area contributed by atoms with Crippen molar-refractivity contribution in [3.63, 3.8) is 0 Å². The first-order valence-electron chi connectivity index (χ1n) is 8.26. The number of pyridine rings is 1. The number of amides is 1. The predicted molar refractivity (Wildman–Crippen MR) is 85.6 cm³/mol. The minimum Gasteiger partial charge on any atom is -0.444 e. The van der Waals surface area contributed by atoms with E-state index in [1.165, 1.54) is 0 Å². The lowest BCUT2D eigenvalue weighted by Gasteiger charge is -2.58. The Morgan fingerprint density at radius 1 is 1.39 bits per heavy atom. The van der Waals surface area contributed by atoms with Crippen molar-refractivity contribution in [1.82, 2.24) is 9.88 Å². The second-order valence-electron chi connectivity index (χ2n) is 8.23. The van der Waals surface area contributed by atoms with Gasteiger partial charge in [0.2, 0.25) is 5.95 Å². The van der Waals surface area contributed by atoms with Crippen molar-refractivity contribution < 1.29 is 13.9 Å². The van der Waals surface area contributed by atoms with Crippen LogP contribution in [0.1, 0.15) is 44.9 Å². The molecule has 1 aliphatic heterocycles. The van der Waals surface area contributed by atoms with Crippen LogP contribution in [0.5, 0.6) is 0 Å². The molecule has 3 rings (SSSR count). The summed E-state index contributed by atoms with van der Waals surface area (Å²) < 4.78 is 18.9. The summed E-state index contributed by atoms with van der Waals surface area (Å²) in [4.78, 5) is 17.8. The molecule has 126 valence electrons. The molecule has 0 radical (unpaired) electrons. The molecule has 23 heavy (non-hydrogen) atoms. The second-order valence-corrected chi connectivity index (χ2v) is 8.23. The van der Waals surface area contributed by atoms with Crippen molar-refractivity contribution >= 4 is 6.09 Å². The summed E-state index contributed by atoms with van der Waals surface area (Å²) in [6.07, 6.45) is 2.78. The van der Waals surface area contributed by atoms with Crippen molar-refractivity contribution in [2.75, 3.05) is 13.1 Å². The summed E-state index contributed by atoms with van der Waals surface area (Å²) in [6.45, 7) is 8.95. The van der Waals surface area contributed by atoms with Gasteiger partial charge in [0, 0.05) is 29.8 Å². The highest BCUT2D eigenvalue weighted by atomic mass is 19.1. The van der Waals surface area contributed by atoms with E-state index in [-0.39, 0.29) is 17.5 Å². The number of aryl methyl sites for hydroxylation is 1. The van der Waals surface area contributed by atoms with Crippen LogP contribution in [0, 0.1) is 24.2 Å². The zero-order valence-corrected chi connectivity index (χ0v) is 14.4. The van der Waals surface area contributed by atoms with Crippen molar-refractivity contribution in [3.8, 4) is 0 Å². The molecule has 4 nitrogen and oxygen atoms in total. The van der Waals surface area contributed by atoms with Gasteiger partial charge in [0.15, 0.2) is 0 Å². The zero-order chi connectivity index (χ0) is 16.8. The Morgan fingerprint density at radius 2 is 2.04 bits per heavy atom. The largest absolute Gasteiger partial charge is 0.444 e. The van der Waals surface area contributed by atoms with Crippen LogP contribution in [0.2, 0.25) is 0 Å². The minimum atomic E-state index is -0.441. The first-order valence-corrected chi connectivity index (χ1v) is 8.26. The maximum atomic E-state index is 13.5.